The molecule has 0 aliphatic heterocycles. The van der Waals surface area contributed by atoms with Crippen molar-refractivity contribution in [3.63, 3.8) is 0 Å². The number of nitrogens with one attached hydrogen (secondary N) is 1. The summed E-state index contributed by atoms with van der Waals surface area (Å²) in [5, 5.41) is 19.6. The van der Waals surface area contributed by atoms with Crippen LogP contribution in [0.4, 0.5) is 4.39 Å². The van der Waals surface area contributed by atoms with Crippen LogP contribution in [-0.2, 0) is 9.59 Å². The van der Waals surface area contributed by atoms with Crippen LogP contribution in [-0.4, -0.2) is 28.7 Å². The summed E-state index contributed by atoms with van der Waals surface area (Å²) in [5.41, 5.74) is 0.301. The van der Waals surface area contributed by atoms with Gasteiger partial charge in [0.1, 0.15) is 11.9 Å². The monoisotopic (exact) mass is 227 g/mol. The number of carboxylic acids is 2. The van der Waals surface area contributed by atoms with E-state index in [0.29, 0.717) is 5.56 Å². The molecule has 1 aromatic rings. The van der Waals surface area contributed by atoms with E-state index in [-0.39, 0.29) is 0 Å². The van der Waals surface area contributed by atoms with E-state index >= 15 is 0 Å². The van der Waals surface area contributed by atoms with Gasteiger partial charge in [-0.1, -0.05) is 12.1 Å². The van der Waals surface area contributed by atoms with Crippen molar-refractivity contribution in [2.24, 2.45) is 0 Å². The topological polar surface area (TPSA) is 86.6 Å². The van der Waals surface area contributed by atoms with Crippen molar-refractivity contribution >= 4 is 11.9 Å². The minimum Gasteiger partial charge on any atom is -0.480 e. The van der Waals surface area contributed by atoms with Crippen LogP contribution in [0.25, 0.3) is 0 Å². The minimum atomic E-state index is -1.21. The third kappa shape index (κ3) is 3.32. The van der Waals surface area contributed by atoms with Crippen molar-refractivity contribution in [1.29, 1.82) is 0 Å². The maximum Gasteiger partial charge on any atom is 0.325 e. The molecule has 0 aromatic heterocycles. The number of benzene rings is 1. The summed E-state index contributed by atoms with van der Waals surface area (Å²) in [6, 6.07) is 3.67. The molecule has 5 nitrogen and oxygen atoms in total. The normalized spacial score (nSPS) is 12.1. The summed E-state index contributed by atoms with van der Waals surface area (Å²) in [4.78, 5) is 21.1. The van der Waals surface area contributed by atoms with Crippen molar-refractivity contribution < 1.29 is 24.2 Å². The summed E-state index contributed by atoms with van der Waals surface area (Å²) in [7, 11) is 0. The largest absolute Gasteiger partial charge is 0.480 e. The van der Waals surface area contributed by atoms with E-state index in [0.717, 1.165) is 12.1 Å². The molecule has 0 amide bonds. The maximum atomic E-state index is 12.6. The van der Waals surface area contributed by atoms with Crippen molar-refractivity contribution in [1.82, 2.24) is 5.32 Å². The first kappa shape index (κ1) is 12.1. The van der Waals surface area contributed by atoms with Crippen LogP contribution in [0, 0.1) is 5.82 Å². The number of hydrogen-bond donors (Lipinski definition) is 3. The molecular formula is C10H10FNO4. The molecule has 3 N–H and O–H groups in total. The molecule has 0 fully saturated rings. The van der Waals surface area contributed by atoms with Crippen LogP contribution in [0.3, 0.4) is 0 Å². The number of carboxylic acid groups (broad SMARTS) is 2. The van der Waals surface area contributed by atoms with Crippen LogP contribution in [0.5, 0.6) is 0 Å². The van der Waals surface area contributed by atoms with E-state index in [4.69, 9.17) is 10.2 Å². The van der Waals surface area contributed by atoms with Gasteiger partial charge in [-0.25, -0.2) is 4.39 Å². The molecule has 0 spiro atoms. The number of rotatable bonds is 5. The lowest BCUT2D eigenvalue weighted by molar-refractivity contribution is -0.140. The molecule has 0 bridgehead atoms. The van der Waals surface area contributed by atoms with Crippen molar-refractivity contribution in [2.45, 2.75) is 6.04 Å². The molecule has 0 saturated heterocycles. The van der Waals surface area contributed by atoms with Gasteiger partial charge in [-0.05, 0) is 17.7 Å². The van der Waals surface area contributed by atoms with Crippen LogP contribution in [0.15, 0.2) is 24.3 Å². The molecule has 86 valence electrons. The molecule has 6 heteroatoms. The highest BCUT2D eigenvalue weighted by molar-refractivity contribution is 5.77. The second-order valence-electron chi connectivity index (χ2n) is 3.10. The lowest BCUT2D eigenvalue weighted by Gasteiger charge is -2.13. The van der Waals surface area contributed by atoms with Crippen molar-refractivity contribution in [2.75, 3.05) is 6.54 Å². The zero-order valence-corrected chi connectivity index (χ0v) is 8.18. The summed E-state index contributed by atoms with van der Waals surface area (Å²) < 4.78 is 12.6. The lowest BCUT2D eigenvalue weighted by Crippen LogP contribution is -2.32. The zero-order valence-electron chi connectivity index (χ0n) is 8.18. The first-order chi connectivity index (χ1) is 7.50. The van der Waals surface area contributed by atoms with E-state index in [1.807, 2.05) is 0 Å². The molecule has 1 unspecified atom stereocenters. The van der Waals surface area contributed by atoms with E-state index in [9.17, 15) is 14.0 Å². The first-order valence-corrected chi connectivity index (χ1v) is 4.44. The average molecular weight is 227 g/mol. The van der Waals surface area contributed by atoms with Crippen LogP contribution >= 0.6 is 0 Å². The maximum absolute atomic E-state index is 12.6. The predicted octanol–water partition coefficient (Wildman–Crippen LogP) is 0.626. The van der Waals surface area contributed by atoms with Gasteiger partial charge in [-0.15, -0.1) is 0 Å². The van der Waals surface area contributed by atoms with E-state index < -0.39 is 30.3 Å². The second-order valence-corrected chi connectivity index (χ2v) is 3.10. The third-order valence-electron chi connectivity index (χ3n) is 1.91. The van der Waals surface area contributed by atoms with Crippen molar-refractivity contribution in [3.8, 4) is 0 Å². The molecule has 0 aliphatic carbocycles. The molecule has 1 aromatic carbocycles. The Morgan fingerprint density at radius 2 is 1.81 bits per heavy atom. The van der Waals surface area contributed by atoms with E-state index in [1.54, 1.807) is 0 Å². The summed E-state index contributed by atoms with van der Waals surface area (Å²) in [6.07, 6.45) is 0. The fourth-order valence-corrected chi connectivity index (χ4v) is 1.19. The standard InChI is InChI=1S/C10H10FNO4/c11-7-3-1-6(2-4-7)9(10(15)16)12-5-8(13)14/h1-4,9,12H,5H2,(H,13,14)(H,15,16). The minimum absolute atomic E-state index is 0.301. The van der Waals surface area contributed by atoms with Crippen LogP contribution < -0.4 is 5.32 Å². The number of aliphatic carboxylic acids is 2. The Labute approximate surface area is 90.5 Å². The SMILES string of the molecule is O=C(O)CNC(C(=O)O)c1ccc(F)cc1. The predicted molar refractivity (Wildman–Crippen MR) is 52.4 cm³/mol. The van der Waals surface area contributed by atoms with Gasteiger partial charge in [0, 0.05) is 0 Å². The highest BCUT2D eigenvalue weighted by Crippen LogP contribution is 2.13. The molecule has 16 heavy (non-hydrogen) atoms. The molecule has 0 saturated carbocycles. The highest BCUT2D eigenvalue weighted by Gasteiger charge is 2.19. The molecule has 1 atom stereocenters. The van der Waals surface area contributed by atoms with Gasteiger partial charge in [-0.2, -0.15) is 0 Å². The van der Waals surface area contributed by atoms with Gasteiger partial charge in [-0.3, -0.25) is 14.9 Å². The Bertz CT molecular complexity index is 390. The average Bonchev–Trinajstić information content (AvgIpc) is 2.20. The number of carbonyl (C=O) groups is 2. The Hall–Kier alpha value is -1.95. The van der Waals surface area contributed by atoms with E-state index in [2.05, 4.69) is 5.32 Å². The van der Waals surface area contributed by atoms with Gasteiger partial charge < -0.3 is 10.2 Å². The Morgan fingerprint density at radius 3 is 2.25 bits per heavy atom. The smallest absolute Gasteiger partial charge is 0.325 e. The first-order valence-electron chi connectivity index (χ1n) is 4.44. The molecule has 0 aliphatic rings. The van der Waals surface area contributed by atoms with Crippen molar-refractivity contribution in [3.05, 3.63) is 35.6 Å². The molecule has 1 rings (SSSR count). The zero-order chi connectivity index (χ0) is 12.1. The fourth-order valence-electron chi connectivity index (χ4n) is 1.19. The van der Waals surface area contributed by atoms with Gasteiger partial charge in [0.05, 0.1) is 6.54 Å². The highest BCUT2D eigenvalue weighted by atomic mass is 19.1. The molecule has 0 heterocycles. The van der Waals surface area contributed by atoms with Crippen LogP contribution in [0.2, 0.25) is 0 Å². The van der Waals surface area contributed by atoms with Crippen LogP contribution in [0.1, 0.15) is 11.6 Å². The number of hydrogen-bond acceptors (Lipinski definition) is 3. The number of halogens is 1. The summed E-state index contributed by atoms with van der Waals surface area (Å²) in [5.74, 6) is -2.85. The quantitative estimate of drug-likeness (QED) is 0.686. The van der Waals surface area contributed by atoms with Gasteiger partial charge in [0.15, 0.2) is 0 Å². The lowest BCUT2D eigenvalue weighted by atomic mass is 10.1. The Morgan fingerprint density at radius 1 is 1.25 bits per heavy atom. The molecule has 0 radical (unpaired) electrons. The summed E-state index contributed by atoms with van der Waals surface area (Å²) >= 11 is 0. The van der Waals surface area contributed by atoms with Gasteiger partial charge in [0.25, 0.3) is 0 Å². The Kier molecular flexibility index (Phi) is 3.96. The second kappa shape index (κ2) is 5.22. The Balaban J connectivity index is 2.81. The van der Waals surface area contributed by atoms with Gasteiger partial charge >= 0.3 is 11.9 Å². The summed E-state index contributed by atoms with van der Waals surface area (Å²) in [6.45, 7) is -0.478. The van der Waals surface area contributed by atoms with Gasteiger partial charge in [0.2, 0.25) is 0 Å². The third-order valence-corrected chi connectivity index (χ3v) is 1.91. The fraction of sp³-hybridized carbons (Fsp3) is 0.200. The molecular weight excluding hydrogens is 217 g/mol. The van der Waals surface area contributed by atoms with E-state index in [1.165, 1.54) is 12.1 Å².